The molecule has 6 heterocycles. The highest BCUT2D eigenvalue weighted by Crippen LogP contribution is 2.63. The number of fused-ring (bicyclic) bond motifs is 19. The molecule has 5 aromatic heterocycles. The molecule has 0 radical (unpaired) electrons. The number of nitrogens with zero attached hydrogens (tertiary/aromatic N) is 10. The summed E-state index contributed by atoms with van der Waals surface area (Å²) in [4.78, 5) is 35.8. The molecule has 29 rings (SSSR count). The molecule has 1 aliphatic heterocycles. The van der Waals surface area contributed by atoms with Gasteiger partial charge in [-0.2, -0.15) is 0 Å². The van der Waals surface area contributed by atoms with Gasteiger partial charge in [-0.3, -0.25) is 4.57 Å². The molecule has 22 aromatic carbocycles. The Morgan fingerprint density at radius 2 is 0.524 bits per heavy atom. The van der Waals surface area contributed by atoms with Gasteiger partial charge in [0.2, 0.25) is 0 Å². The fourth-order valence-electron chi connectivity index (χ4n) is 22.5. The second-order valence-electron chi connectivity index (χ2n) is 37.5. The average molecular weight is 1880 g/mol. The van der Waals surface area contributed by atoms with Crippen molar-refractivity contribution in [2.45, 2.75) is 18.8 Å². The van der Waals surface area contributed by atoms with E-state index >= 15 is 0 Å². The molecule has 0 bridgehead atoms. The maximum absolute atomic E-state index is 6.56. The second kappa shape index (κ2) is 36.5. The first-order valence-electron chi connectivity index (χ1n) is 50.0. The van der Waals surface area contributed by atoms with Crippen molar-refractivity contribution in [3.8, 4) is 153 Å². The largest absolute Gasteiger partial charge is 0.457 e. The minimum atomic E-state index is -0.580. The zero-order chi connectivity index (χ0) is 97.4. The molecule has 690 valence electrons. The Balaban J connectivity index is 0.000000111. The molecule has 0 unspecified atom stereocenters. The van der Waals surface area contributed by atoms with Gasteiger partial charge in [-0.25, -0.2) is 34.9 Å². The molecular weight excluding hydrogens is 1790 g/mol. The van der Waals surface area contributed by atoms with Gasteiger partial charge in [0.1, 0.15) is 17.3 Å². The van der Waals surface area contributed by atoms with Gasteiger partial charge < -0.3 is 13.9 Å². The third-order valence-corrected chi connectivity index (χ3v) is 29.1. The molecule has 1 spiro atoms. The van der Waals surface area contributed by atoms with Crippen LogP contribution >= 0.6 is 0 Å². The highest BCUT2D eigenvalue weighted by Gasteiger charge is 2.51. The fraction of sp³-hybridized carbons (Fsp3) is 0.0221. The molecule has 11 heteroatoms. The number of para-hydroxylation sites is 8. The van der Waals surface area contributed by atoms with Gasteiger partial charge in [-0.1, -0.05) is 438 Å². The molecule has 1 aliphatic carbocycles. The normalized spacial score (nSPS) is 12.1. The monoisotopic (exact) mass is 1880 g/mol. The highest BCUT2D eigenvalue weighted by molar-refractivity contribution is 6.22. The molecule has 0 N–H and O–H groups in total. The standard InChI is InChI=1S/C51H33N5.C50H31N3O.C35H26N2/c1-3-15-34(16-4-1)35-27-29-37(30-28-35)50-52-49(36-17-5-2-6-18-36)53-51(54-50)38-31-39(55-45-23-11-7-19-41(45)42-20-8-12-24-46(42)55)33-40(32-38)56-47-25-13-9-21-43(47)44-22-10-14-26-48(44)56;1-2-14-34(15-3-1)47-51-48(35-27-25-33(26-28-35)38-19-12-16-32-13-4-5-17-37(32)38)53-49(52-47)36-29-30-40-39-18-6-7-20-41(39)50(44(40)31-36)42-21-8-10-23-45(42)54-46-24-11-9-22-43(46)50;1-2-33-36-31-18-10-11-19-32(31)37(33)26-22-20-25(21-23-26)35-29-16-8-6-14-27(29)34(24-12-4-3-5-13-24)28-15-7-9-17-30(28)35/h1-33H;1-31H;3-23H,2H2,1H3. The minimum Gasteiger partial charge on any atom is -0.457 e. The summed E-state index contributed by atoms with van der Waals surface area (Å²) in [7, 11) is 0. The van der Waals surface area contributed by atoms with Crippen LogP contribution in [-0.2, 0) is 11.8 Å². The summed E-state index contributed by atoms with van der Waals surface area (Å²) < 4.78 is 13.6. The zero-order valence-corrected chi connectivity index (χ0v) is 80.2. The third-order valence-electron chi connectivity index (χ3n) is 29.1. The van der Waals surface area contributed by atoms with Gasteiger partial charge in [0, 0.05) is 89.5 Å². The number of imidazole rings is 1. The van der Waals surface area contributed by atoms with Crippen LogP contribution in [0.4, 0.5) is 0 Å². The molecule has 27 aromatic rings. The molecule has 0 saturated carbocycles. The number of hydrogen-bond acceptors (Lipinski definition) is 8. The maximum atomic E-state index is 6.56. The first-order valence-corrected chi connectivity index (χ1v) is 50.0. The minimum absolute atomic E-state index is 0.580. The van der Waals surface area contributed by atoms with E-state index in [1.54, 1.807) is 0 Å². The van der Waals surface area contributed by atoms with Gasteiger partial charge in [0.15, 0.2) is 34.9 Å². The van der Waals surface area contributed by atoms with E-state index in [9.17, 15) is 0 Å². The van der Waals surface area contributed by atoms with Crippen molar-refractivity contribution in [3.63, 3.8) is 0 Å². The first kappa shape index (κ1) is 86.6. The van der Waals surface area contributed by atoms with Gasteiger partial charge >= 0.3 is 0 Å². The van der Waals surface area contributed by atoms with Crippen LogP contribution in [0.3, 0.4) is 0 Å². The Hall–Kier alpha value is -19.5. The average Bonchev–Trinajstić information content (AvgIpc) is 1.52. The highest BCUT2D eigenvalue weighted by atomic mass is 16.5. The number of rotatable bonds is 14. The molecule has 11 nitrogen and oxygen atoms in total. The Morgan fingerprint density at radius 1 is 0.197 bits per heavy atom. The summed E-state index contributed by atoms with van der Waals surface area (Å²) in [5, 5.41) is 12.4. The number of aryl methyl sites for hydroxylation is 1. The van der Waals surface area contributed by atoms with E-state index in [2.05, 4.69) is 482 Å². The molecule has 0 fully saturated rings. The summed E-state index contributed by atoms with van der Waals surface area (Å²) in [6, 6.07) is 182. The van der Waals surface area contributed by atoms with Crippen LogP contribution in [0.15, 0.2) is 516 Å². The van der Waals surface area contributed by atoms with Crippen LogP contribution in [0.5, 0.6) is 11.5 Å². The Labute approximate surface area is 849 Å². The summed E-state index contributed by atoms with van der Waals surface area (Å²) in [5.41, 5.74) is 31.7. The lowest BCUT2D eigenvalue weighted by Crippen LogP contribution is -2.32. The van der Waals surface area contributed by atoms with Gasteiger partial charge in [-0.05, 0) is 184 Å². The lowest BCUT2D eigenvalue weighted by Gasteiger charge is -2.39. The van der Waals surface area contributed by atoms with Crippen LogP contribution in [0.1, 0.15) is 35.0 Å². The summed E-state index contributed by atoms with van der Waals surface area (Å²) in [6.45, 7) is 2.17. The molecule has 147 heavy (non-hydrogen) atoms. The van der Waals surface area contributed by atoms with Crippen molar-refractivity contribution in [1.29, 1.82) is 0 Å². The fourth-order valence-corrected chi connectivity index (χ4v) is 22.5. The van der Waals surface area contributed by atoms with Crippen molar-refractivity contribution in [1.82, 2.24) is 48.6 Å². The Bertz CT molecular complexity index is 9460. The molecule has 0 amide bonds. The quantitative estimate of drug-likeness (QED) is 0.0989. The van der Waals surface area contributed by atoms with Crippen molar-refractivity contribution < 1.29 is 4.74 Å². The molecule has 0 atom stereocenters. The van der Waals surface area contributed by atoms with E-state index in [4.69, 9.17) is 39.6 Å². The first-order chi connectivity index (χ1) is 72.8. The Morgan fingerprint density at radius 3 is 1.01 bits per heavy atom. The van der Waals surface area contributed by atoms with Gasteiger partial charge in [-0.15, -0.1) is 0 Å². The number of hydrogen-bond donors (Lipinski definition) is 0. The summed E-state index contributed by atoms with van der Waals surface area (Å²) in [5.74, 6) is 6.54. The van der Waals surface area contributed by atoms with Crippen LogP contribution in [-0.4, -0.2) is 48.6 Å². The SMILES string of the molecule is CCc1nc2ccccc2n1-c1ccc(-c2c3ccccc3c(-c3ccccc3)c3ccccc23)cc1.c1ccc(-c2ccc(-c3nc(-c4ccccc4)nc(-c4cc(-n5c6ccccc6c6ccccc65)cc(-n5c6ccccc6c6ccccc65)c4)n3)cc2)cc1.c1ccc(-c2nc(-c3ccc(-c4cccc5ccccc45)cc3)nc(-c3ccc4c(c3)C3(c5ccccc5Oc5ccccc53)c3ccccc3-4)n2)cc1. The van der Waals surface area contributed by atoms with E-state index in [1.165, 1.54) is 109 Å². The van der Waals surface area contributed by atoms with Crippen LogP contribution in [0.2, 0.25) is 0 Å². The smallest absolute Gasteiger partial charge is 0.164 e. The second-order valence-corrected chi connectivity index (χ2v) is 37.5. The van der Waals surface area contributed by atoms with Crippen molar-refractivity contribution >= 4 is 87.0 Å². The van der Waals surface area contributed by atoms with E-state index in [0.717, 1.165) is 130 Å². The van der Waals surface area contributed by atoms with E-state index in [-0.39, 0.29) is 0 Å². The van der Waals surface area contributed by atoms with E-state index < -0.39 is 5.41 Å². The number of ether oxygens (including phenoxy) is 1. The van der Waals surface area contributed by atoms with E-state index in [0.29, 0.717) is 34.9 Å². The van der Waals surface area contributed by atoms with Gasteiger partial charge in [0.25, 0.3) is 0 Å². The molecule has 0 saturated heterocycles. The van der Waals surface area contributed by atoms with Crippen molar-refractivity contribution in [3.05, 3.63) is 544 Å². The van der Waals surface area contributed by atoms with Gasteiger partial charge in [0.05, 0.1) is 38.5 Å². The zero-order valence-electron chi connectivity index (χ0n) is 80.2. The lowest BCUT2D eigenvalue weighted by molar-refractivity contribution is 0.436. The predicted molar refractivity (Wildman–Crippen MR) is 603 cm³/mol. The predicted octanol–water partition coefficient (Wildman–Crippen LogP) is 34.1. The van der Waals surface area contributed by atoms with Crippen molar-refractivity contribution in [2.24, 2.45) is 0 Å². The van der Waals surface area contributed by atoms with Crippen LogP contribution in [0, 0.1) is 0 Å². The summed E-state index contributed by atoms with van der Waals surface area (Å²) >= 11 is 0. The Kier molecular flexibility index (Phi) is 21.5. The van der Waals surface area contributed by atoms with Crippen LogP contribution < -0.4 is 4.74 Å². The van der Waals surface area contributed by atoms with Crippen LogP contribution in [0.25, 0.3) is 228 Å². The topological polar surface area (TPSA) is 114 Å². The summed E-state index contributed by atoms with van der Waals surface area (Å²) in [6.07, 6.45) is 0.882. The maximum Gasteiger partial charge on any atom is 0.164 e. The lowest BCUT2D eigenvalue weighted by atomic mass is 9.66. The number of aromatic nitrogens is 10. The third kappa shape index (κ3) is 15.1. The molecule has 2 aliphatic rings. The van der Waals surface area contributed by atoms with Crippen molar-refractivity contribution in [2.75, 3.05) is 0 Å². The van der Waals surface area contributed by atoms with E-state index in [1.807, 2.05) is 54.6 Å². The molecular formula is C136H90N10O. The number of benzene rings is 22.